The lowest BCUT2D eigenvalue weighted by molar-refractivity contribution is -0.146. The van der Waals surface area contributed by atoms with E-state index in [0.29, 0.717) is 12.2 Å². The molecular formula is C30H33BrN4O5. The number of aliphatic hydroxyl groups excluding tert-OH is 1. The van der Waals surface area contributed by atoms with E-state index in [1.165, 1.54) is 0 Å². The summed E-state index contributed by atoms with van der Waals surface area (Å²) in [5.74, 6) is 0.424. The highest BCUT2D eigenvalue weighted by atomic mass is 79.9. The van der Waals surface area contributed by atoms with Gasteiger partial charge in [0.15, 0.2) is 11.8 Å². The number of halogens is 1. The summed E-state index contributed by atoms with van der Waals surface area (Å²) in [5.41, 5.74) is 1.98. The van der Waals surface area contributed by atoms with Gasteiger partial charge in [0, 0.05) is 41.8 Å². The number of benzene rings is 1. The minimum atomic E-state index is -0.788. The lowest BCUT2D eigenvalue weighted by Crippen LogP contribution is -2.61. The van der Waals surface area contributed by atoms with Gasteiger partial charge in [0.05, 0.1) is 25.2 Å². The Hall–Kier alpha value is -3.21. The maximum atomic E-state index is 13.2. The molecule has 9 nitrogen and oxygen atoms in total. The van der Waals surface area contributed by atoms with Crippen LogP contribution in [-0.2, 0) is 25.5 Å². The van der Waals surface area contributed by atoms with Crippen molar-refractivity contribution < 1.29 is 24.2 Å². The van der Waals surface area contributed by atoms with Crippen LogP contribution >= 0.6 is 15.9 Å². The van der Waals surface area contributed by atoms with Crippen molar-refractivity contribution in [2.45, 2.75) is 49.4 Å². The quantitative estimate of drug-likeness (QED) is 0.184. The number of aliphatic hydroxyl groups is 1. The molecule has 2 aliphatic carbocycles. The fraction of sp³-hybridized carbons (Fsp3) is 0.433. The second-order valence-electron chi connectivity index (χ2n) is 10.2. The van der Waals surface area contributed by atoms with Crippen LogP contribution in [0.3, 0.4) is 0 Å². The first-order chi connectivity index (χ1) is 19.5. The average Bonchev–Trinajstić information content (AvgIpc) is 3.00. The Bertz CT molecular complexity index is 1370. The summed E-state index contributed by atoms with van der Waals surface area (Å²) in [4.78, 5) is 39.2. The number of hydrogen-bond acceptors (Lipinski definition) is 9. The zero-order valence-electron chi connectivity index (χ0n) is 22.2. The molecule has 2 saturated carbocycles. The van der Waals surface area contributed by atoms with Gasteiger partial charge in [-0.15, -0.1) is 0 Å². The number of nitrogens with one attached hydrogen (secondary N) is 1. The summed E-state index contributed by atoms with van der Waals surface area (Å²) in [5, 5.41) is 14.2. The van der Waals surface area contributed by atoms with Crippen molar-refractivity contribution >= 4 is 55.7 Å². The Kier molecular flexibility index (Phi) is 9.18. The average molecular weight is 610 g/mol. The van der Waals surface area contributed by atoms with Crippen LogP contribution in [0.2, 0.25) is 0 Å². The Morgan fingerprint density at radius 1 is 1.10 bits per heavy atom. The number of Topliss-reactive ketones (excluding diaryl/α,β-unsaturated/α-hetero) is 1. The van der Waals surface area contributed by atoms with Crippen LogP contribution in [0.5, 0.6) is 0 Å². The normalized spacial score (nSPS) is 19.9. The molecule has 2 atom stereocenters. The van der Waals surface area contributed by atoms with Crippen LogP contribution < -0.4 is 5.32 Å². The Labute approximate surface area is 241 Å². The molecule has 40 heavy (non-hydrogen) atoms. The summed E-state index contributed by atoms with van der Waals surface area (Å²) >= 11 is 3.51. The molecule has 1 spiro atoms. The highest BCUT2D eigenvalue weighted by molar-refractivity contribution is 9.10. The van der Waals surface area contributed by atoms with Gasteiger partial charge in [0.2, 0.25) is 0 Å². The smallest absolute Gasteiger partial charge is 0.331 e. The van der Waals surface area contributed by atoms with Gasteiger partial charge in [-0.1, -0.05) is 47.3 Å². The molecule has 2 N–H and O–H groups in total. The van der Waals surface area contributed by atoms with E-state index in [1.807, 2.05) is 36.4 Å². The molecule has 10 heteroatoms. The molecule has 5 rings (SSSR count). The molecule has 0 aliphatic heterocycles. The monoisotopic (exact) mass is 608 g/mol. The van der Waals surface area contributed by atoms with Crippen molar-refractivity contribution in [2.24, 2.45) is 10.4 Å². The molecule has 2 aromatic heterocycles. The highest BCUT2D eigenvalue weighted by Gasteiger charge is 2.58. The summed E-state index contributed by atoms with van der Waals surface area (Å²) in [6, 6.07) is 10.9. The van der Waals surface area contributed by atoms with Gasteiger partial charge >= 0.3 is 5.97 Å². The summed E-state index contributed by atoms with van der Waals surface area (Å²) in [6.07, 6.45) is 10.3. The molecule has 0 saturated heterocycles. The van der Waals surface area contributed by atoms with Crippen LogP contribution in [0.15, 0.2) is 60.0 Å². The van der Waals surface area contributed by atoms with Gasteiger partial charge in [-0.25, -0.2) is 9.78 Å². The van der Waals surface area contributed by atoms with Crippen molar-refractivity contribution in [3.63, 3.8) is 0 Å². The number of hydrogen-bond donors (Lipinski definition) is 2. The highest BCUT2D eigenvalue weighted by Crippen LogP contribution is 2.49. The molecule has 2 fully saturated rings. The van der Waals surface area contributed by atoms with E-state index in [-0.39, 0.29) is 32.2 Å². The molecule has 0 amide bonds. The van der Waals surface area contributed by atoms with Crippen molar-refractivity contribution in [3.8, 4) is 0 Å². The molecular weight excluding hydrogens is 576 g/mol. The van der Waals surface area contributed by atoms with Crippen molar-refractivity contribution in [2.75, 3.05) is 31.7 Å². The Morgan fingerprint density at radius 3 is 2.65 bits per heavy atom. The number of rotatable bonds is 11. The lowest BCUT2D eigenvalue weighted by atomic mass is 9.58. The standard InChI is InChI=1S/C30H33BrN4O5/c31-25-26(30(27(25)37)10-2-1-3-11-30)35-24(29(38)40-17-16-39-15-14-36)18-20-4-6-22(7-5-20)34-28-23-19-32-12-8-21(23)9-13-33-28/h4-9,12-13,19,24-25,36H,1-3,10-11,14-18H2,(H,33,34)/t24-,25?/m0/s1. The van der Waals surface area contributed by atoms with Crippen molar-refractivity contribution in [3.05, 3.63) is 60.6 Å². The van der Waals surface area contributed by atoms with Gasteiger partial charge < -0.3 is 19.9 Å². The number of anilines is 2. The van der Waals surface area contributed by atoms with Crippen LogP contribution in [0.4, 0.5) is 11.5 Å². The minimum absolute atomic E-state index is 0.0672. The fourth-order valence-corrected chi connectivity index (χ4v) is 6.51. The van der Waals surface area contributed by atoms with E-state index >= 15 is 0 Å². The number of aromatic nitrogens is 2. The van der Waals surface area contributed by atoms with Crippen LogP contribution in [0.25, 0.3) is 10.8 Å². The maximum absolute atomic E-state index is 13.2. The van der Waals surface area contributed by atoms with Crippen LogP contribution in [0.1, 0.15) is 37.7 Å². The molecule has 1 unspecified atom stereocenters. The largest absolute Gasteiger partial charge is 0.462 e. The number of ketones is 1. The minimum Gasteiger partial charge on any atom is -0.462 e. The number of fused-ring (bicyclic) bond motifs is 1. The van der Waals surface area contributed by atoms with E-state index in [0.717, 1.165) is 59.8 Å². The van der Waals surface area contributed by atoms with E-state index < -0.39 is 22.3 Å². The van der Waals surface area contributed by atoms with Crippen LogP contribution in [0, 0.1) is 5.41 Å². The third-order valence-corrected chi connectivity index (χ3v) is 8.48. The van der Waals surface area contributed by atoms with E-state index in [9.17, 15) is 9.59 Å². The summed E-state index contributed by atoms with van der Waals surface area (Å²) in [6.45, 7) is 0.352. The van der Waals surface area contributed by atoms with Gasteiger partial charge in [0.1, 0.15) is 17.3 Å². The fourth-order valence-electron chi connectivity index (χ4n) is 5.51. The molecule has 3 aromatic rings. The third kappa shape index (κ3) is 6.09. The van der Waals surface area contributed by atoms with Gasteiger partial charge in [-0.05, 0) is 48.1 Å². The van der Waals surface area contributed by atoms with Gasteiger partial charge in [-0.2, -0.15) is 0 Å². The van der Waals surface area contributed by atoms with E-state index in [4.69, 9.17) is 19.6 Å². The summed E-state index contributed by atoms with van der Waals surface area (Å²) in [7, 11) is 0. The number of carbonyl (C=O) groups is 2. The van der Waals surface area contributed by atoms with E-state index in [2.05, 4.69) is 31.2 Å². The third-order valence-electron chi connectivity index (χ3n) is 7.63. The SMILES string of the molecule is O=C(OCCOCCO)[C@H](Cc1ccc(Nc2nccc3ccncc23)cc1)N=C1C(Br)C(=O)C12CCCCC2. The molecule has 2 aliphatic rings. The first-order valence-electron chi connectivity index (χ1n) is 13.7. The molecule has 0 bridgehead atoms. The zero-order valence-corrected chi connectivity index (χ0v) is 23.8. The molecule has 0 radical (unpaired) electrons. The van der Waals surface area contributed by atoms with Gasteiger partial charge in [-0.3, -0.25) is 14.8 Å². The maximum Gasteiger partial charge on any atom is 0.331 e. The number of carbonyl (C=O) groups excluding carboxylic acids is 2. The molecule has 2 heterocycles. The van der Waals surface area contributed by atoms with Crippen LogP contribution in [-0.4, -0.2) is 69.8 Å². The second kappa shape index (κ2) is 13.0. The van der Waals surface area contributed by atoms with Gasteiger partial charge in [0.25, 0.3) is 0 Å². The van der Waals surface area contributed by atoms with E-state index in [1.54, 1.807) is 18.6 Å². The predicted molar refractivity (Wildman–Crippen MR) is 156 cm³/mol. The number of alkyl halides is 1. The summed E-state index contributed by atoms with van der Waals surface area (Å²) < 4.78 is 10.7. The van der Waals surface area contributed by atoms with Crippen molar-refractivity contribution in [1.82, 2.24) is 9.97 Å². The predicted octanol–water partition coefficient (Wildman–Crippen LogP) is 4.57. The second-order valence-corrected chi connectivity index (χ2v) is 11.1. The number of ether oxygens (including phenoxy) is 2. The topological polar surface area (TPSA) is 123 Å². The van der Waals surface area contributed by atoms with Crippen molar-refractivity contribution in [1.29, 1.82) is 0 Å². The first kappa shape index (κ1) is 28.3. The Balaban J connectivity index is 1.33. The zero-order chi connectivity index (χ0) is 28.0. The lowest BCUT2D eigenvalue weighted by Gasteiger charge is -2.48. The molecule has 1 aromatic carbocycles. The number of aliphatic imine (C=N–C) groups is 1. The number of pyridine rings is 2. The first-order valence-corrected chi connectivity index (χ1v) is 14.6. The number of esters is 1. The number of nitrogens with zero attached hydrogens (tertiary/aromatic N) is 3. The molecule has 210 valence electrons. The Morgan fingerprint density at radius 2 is 1.88 bits per heavy atom.